The standard InChI is InChI=1S/C18H34N4O6S/c1-8(2)6-11(18(27)28)20-17(26)14(9(3)4)22-15(24)12(7-29)21-16(25)13(19)10(5)23/h8-14,23,29H,6-7,19H2,1-5H3,(H,20,26)(H,21,25)(H,22,24)(H,27,28). The van der Waals surface area contributed by atoms with Crippen molar-refractivity contribution in [1.82, 2.24) is 16.0 Å². The quantitative estimate of drug-likeness (QED) is 0.190. The fourth-order valence-corrected chi connectivity index (χ4v) is 2.68. The first-order valence-corrected chi connectivity index (χ1v) is 10.1. The number of thiol groups is 1. The fraction of sp³-hybridized carbons (Fsp3) is 0.778. The zero-order valence-electron chi connectivity index (χ0n) is 17.5. The number of nitrogens with one attached hydrogen (secondary N) is 3. The number of nitrogens with two attached hydrogens (primary N) is 1. The van der Waals surface area contributed by atoms with Gasteiger partial charge < -0.3 is 31.9 Å². The summed E-state index contributed by atoms with van der Waals surface area (Å²) in [5, 5.41) is 26.1. The summed E-state index contributed by atoms with van der Waals surface area (Å²) < 4.78 is 0. The second-order valence-corrected chi connectivity index (χ2v) is 8.13. The predicted molar refractivity (Wildman–Crippen MR) is 111 cm³/mol. The lowest BCUT2D eigenvalue weighted by Crippen LogP contribution is -2.59. The van der Waals surface area contributed by atoms with Gasteiger partial charge in [-0.1, -0.05) is 27.7 Å². The van der Waals surface area contributed by atoms with Crippen molar-refractivity contribution in [3.05, 3.63) is 0 Å². The van der Waals surface area contributed by atoms with Crippen molar-refractivity contribution >= 4 is 36.3 Å². The molecule has 0 aromatic carbocycles. The van der Waals surface area contributed by atoms with Crippen LogP contribution in [0.3, 0.4) is 0 Å². The van der Waals surface area contributed by atoms with Gasteiger partial charge in [0.25, 0.3) is 0 Å². The van der Waals surface area contributed by atoms with Crippen LogP contribution in [-0.2, 0) is 19.2 Å². The van der Waals surface area contributed by atoms with Crippen molar-refractivity contribution in [2.24, 2.45) is 17.6 Å². The van der Waals surface area contributed by atoms with E-state index in [0.717, 1.165) is 0 Å². The molecular weight excluding hydrogens is 400 g/mol. The highest BCUT2D eigenvalue weighted by Crippen LogP contribution is 2.08. The lowest BCUT2D eigenvalue weighted by Gasteiger charge is -2.27. The summed E-state index contributed by atoms with van der Waals surface area (Å²) in [5.74, 6) is -3.56. The summed E-state index contributed by atoms with van der Waals surface area (Å²) in [4.78, 5) is 48.5. The maximum Gasteiger partial charge on any atom is 0.326 e. The molecule has 0 bridgehead atoms. The maximum absolute atomic E-state index is 12.6. The molecule has 10 nitrogen and oxygen atoms in total. The fourth-order valence-electron chi connectivity index (χ4n) is 2.42. The van der Waals surface area contributed by atoms with Gasteiger partial charge in [-0.3, -0.25) is 14.4 Å². The Morgan fingerprint density at radius 2 is 1.41 bits per heavy atom. The average Bonchev–Trinajstić information content (AvgIpc) is 2.61. The van der Waals surface area contributed by atoms with Crippen LogP contribution in [0.5, 0.6) is 0 Å². The Bertz CT molecular complexity index is 585. The van der Waals surface area contributed by atoms with E-state index in [4.69, 9.17) is 5.73 Å². The third kappa shape index (κ3) is 9.46. The molecule has 0 saturated heterocycles. The van der Waals surface area contributed by atoms with Crippen LogP contribution in [0.15, 0.2) is 0 Å². The molecule has 0 heterocycles. The minimum atomic E-state index is -1.22. The van der Waals surface area contributed by atoms with E-state index in [-0.39, 0.29) is 24.0 Å². The molecule has 5 unspecified atom stereocenters. The van der Waals surface area contributed by atoms with E-state index in [1.165, 1.54) is 6.92 Å². The molecule has 29 heavy (non-hydrogen) atoms. The predicted octanol–water partition coefficient (Wildman–Crippen LogP) is -1.13. The van der Waals surface area contributed by atoms with Gasteiger partial charge in [-0.2, -0.15) is 12.6 Å². The second-order valence-electron chi connectivity index (χ2n) is 7.77. The van der Waals surface area contributed by atoms with Crippen LogP contribution in [0.25, 0.3) is 0 Å². The van der Waals surface area contributed by atoms with Crippen molar-refractivity contribution in [2.75, 3.05) is 5.75 Å². The average molecular weight is 435 g/mol. The second kappa shape index (κ2) is 12.7. The van der Waals surface area contributed by atoms with Crippen LogP contribution >= 0.6 is 12.6 Å². The van der Waals surface area contributed by atoms with Gasteiger partial charge in [0.1, 0.15) is 24.2 Å². The molecule has 0 saturated carbocycles. The van der Waals surface area contributed by atoms with Gasteiger partial charge in [0.05, 0.1) is 6.10 Å². The topological polar surface area (TPSA) is 171 Å². The van der Waals surface area contributed by atoms with E-state index >= 15 is 0 Å². The molecule has 168 valence electrons. The number of hydrogen-bond donors (Lipinski definition) is 7. The van der Waals surface area contributed by atoms with Gasteiger partial charge in [-0.05, 0) is 25.2 Å². The van der Waals surface area contributed by atoms with E-state index in [1.807, 2.05) is 13.8 Å². The number of aliphatic hydroxyl groups excluding tert-OH is 1. The minimum Gasteiger partial charge on any atom is -0.480 e. The van der Waals surface area contributed by atoms with Crippen molar-refractivity contribution in [3.8, 4) is 0 Å². The molecule has 0 aliphatic carbocycles. The minimum absolute atomic E-state index is 0.0467. The Hall–Kier alpha value is -1.85. The summed E-state index contributed by atoms with van der Waals surface area (Å²) in [6.45, 7) is 8.40. The summed E-state index contributed by atoms with van der Waals surface area (Å²) in [6.07, 6.45) is -0.867. The largest absolute Gasteiger partial charge is 0.480 e. The van der Waals surface area contributed by atoms with Crippen LogP contribution in [0.4, 0.5) is 0 Å². The third-order valence-corrected chi connectivity index (χ3v) is 4.57. The molecule has 0 aliphatic rings. The molecule has 0 rings (SSSR count). The Morgan fingerprint density at radius 3 is 1.79 bits per heavy atom. The van der Waals surface area contributed by atoms with E-state index < -0.39 is 54.0 Å². The summed E-state index contributed by atoms with van der Waals surface area (Å²) in [6, 6.07) is -4.40. The molecule has 7 N–H and O–H groups in total. The molecule has 11 heteroatoms. The van der Waals surface area contributed by atoms with Gasteiger partial charge >= 0.3 is 5.97 Å². The summed E-state index contributed by atoms with van der Waals surface area (Å²) >= 11 is 4.04. The highest BCUT2D eigenvalue weighted by molar-refractivity contribution is 7.80. The van der Waals surface area contributed by atoms with Crippen molar-refractivity contribution in [3.63, 3.8) is 0 Å². The van der Waals surface area contributed by atoms with E-state index in [9.17, 15) is 29.4 Å². The Balaban J connectivity index is 5.20. The van der Waals surface area contributed by atoms with Crippen LogP contribution in [0.2, 0.25) is 0 Å². The van der Waals surface area contributed by atoms with Crippen molar-refractivity contribution in [1.29, 1.82) is 0 Å². The van der Waals surface area contributed by atoms with Crippen molar-refractivity contribution < 1.29 is 29.4 Å². The molecular formula is C18H34N4O6S. The molecule has 0 aromatic heterocycles. The molecule has 0 fully saturated rings. The highest BCUT2D eigenvalue weighted by Gasteiger charge is 2.32. The van der Waals surface area contributed by atoms with Crippen LogP contribution in [0.1, 0.15) is 41.0 Å². The maximum atomic E-state index is 12.6. The molecule has 0 spiro atoms. The van der Waals surface area contributed by atoms with Gasteiger partial charge in [-0.25, -0.2) is 4.79 Å². The number of aliphatic carboxylic acids is 1. The van der Waals surface area contributed by atoms with E-state index in [1.54, 1.807) is 13.8 Å². The number of carbonyl (C=O) groups excluding carboxylic acids is 3. The smallest absolute Gasteiger partial charge is 0.326 e. The zero-order valence-corrected chi connectivity index (χ0v) is 18.4. The Kier molecular flexibility index (Phi) is 11.8. The van der Waals surface area contributed by atoms with Gasteiger partial charge in [0, 0.05) is 5.75 Å². The first kappa shape index (κ1) is 27.1. The highest BCUT2D eigenvalue weighted by atomic mass is 32.1. The lowest BCUT2D eigenvalue weighted by molar-refractivity contribution is -0.143. The first-order valence-electron chi connectivity index (χ1n) is 9.50. The Morgan fingerprint density at radius 1 is 0.897 bits per heavy atom. The number of rotatable bonds is 12. The van der Waals surface area contributed by atoms with Crippen LogP contribution in [0, 0.1) is 11.8 Å². The van der Waals surface area contributed by atoms with Gasteiger partial charge in [0.2, 0.25) is 17.7 Å². The number of amides is 3. The zero-order chi connectivity index (χ0) is 22.9. The summed E-state index contributed by atoms with van der Waals surface area (Å²) in [5.41, 5.74) is 5.55. The molecule has 0 aromatic rings. The summed E-state index contributed by atoms with van der Waals surface area (Å²) in [7, 11) is 0. The number of carboxylic acid groups (broad SMARTS) is 1. The number of hydrogen-bond acceptors (Lipinski definition) is 7. The first-order chi connectivity index (χ1) is 13.3. The molecule has 3 amide bonds. The monoisotopic (exact) mass is 434 g/mol. The number of aliphatic hydroxyl groups is 1. The number of carbonyl (C=O) groups is 4. The SMILES string of the molecule is CC(C)CC(NC(=O)C(NC(=O)C(CS)NC(=O)C(N)C(C)O)C(C)C)C(=O)O. The molecule has 0 radical (unpaired) electrons. The normalized spacial score (nSPS) is 16.5. The Labute approximate surface area is 176 Å². The number of carboxylic acids is 1. The third-order valence-electron chi connectivity index (χ3n) is 4.21. The molecule has 5 atom stereocenters. The molecule has 0 aliphatic heterocycles. The van der Waals surface area contributed by atoms with Crippen LogP contribution < -0.4 is 21.7 Å². The van der Waals surface area contributed by atoms with Crippen LogP contribution in [-0.4, -0.2) is 69.9 Å². The van der Waals surface area contributed by atoms with Gasteiger partial charge in [0.15, 0.2) is 0 Å². The van der Waals surface area contributed by atoms with Crippen molar-refractivity contribution in [2.45, 2.75) is 71.3 Å². The lowest BCUT2D eigenvalue weighted by atomic mass is 10.00. The van der Waals surface area contributed by atoms with E-state index in [0.29, 0.717) is 0 Å². The van der Waals surface area contributed by atoms with Gasteiger partial charge in [-0.15, -0.1) is 0 Å². The van der Waals surface area contributed by atoms with E-state index in [2.05, 4.69) is 28.6 Å².